The van der Waals surface area contributed by atoms with Crippen LogP contribution in [0.15, 0.2) is 55.1 Å². The minimum absolute atomic E-state index is 0.104. The van der Waals surface area contributed by atoms with Crippen molar-refractivity contribution in [3.63, 3.8) is 0 Å². The van der Waals surface area contributed by atoms with Crippen molar-refractivity contribution < 1.29 is 19.1 Å². The van der Waals surface area contributed by atoms with Crippen LogP contribution in [0.5, 0.6) is 0 Å². The molecule has 1 unspecified atom stereocenters. The number of ether oxygens (including phenoxy) is 1. The third-order valence-corrected chi connectivity index (χ3v) is 7.13. The Kier molecular flexibility index (Phi) is 12.2. The Hall–Kier alpha value is -2.83. The molecule has 0 aromatic heterocycles. The minimum Gasteiger partial charge on any atom is -0.467 e. The largest absolute Gasteiger partial charge is 0.467 e. The van der Waals surface area contributed by atoms with Crippen molar-refractivity contribution in [2.45, 2.75) is 64.8 Å². The molecule has 2 aromatic rings. The summed E-state index contributed by atoms with van der Waals surface area (Å²) < 4.78 is 4.96. The van der Waals surface area contributed by atoms with E-state index in [1.165, 1.54) is 7.11 Å². The normalized spacial score (nSPS) is 14.5. The Morgan fingerprint density at radius 2 is 1.65 bits per heavy atom. The molecule has 1 fully saturated rings. The van der Waals surface area contributed by atoms with Gasteiger partial charge in [0.2, 0.25) is 5.91 Å². The summed E-state index contributed by atoms with van der Waals surface area (Å²) in [4.78, 5) is 38.3. The van der Waals surface area contributed by atoms with Gasteiger partial charge in [-0.25, -0.2) is 4.79 Å². The van der Waals surface area contributed by atoms with Crippen LogP contribution in [-0.4, -0.2) is 30.9 Å². The summed E-state index contributed by atoms with van der Waals surface area (Å²) in [7, 11) is 1.31. The van der Waals surface area contributed by atoms with Crippen molar-refractivity contribution in [1.29, 1.82) is 0 Å². The lowest BCUT2D eigenvalue weighted by Crippen LogP contribution is -2.49. The maximum Gasteiger partial charge on any atom is 0.328 e. The molecule has 0 aliphatic heterocycles. The first-order valence-electron chi connectivity index (χ1n) is 12.6. The highest BCUT2D eigenvalue weighted by atomic mass is 35.5. The molecule has 0 heterocycles. The molecular formula is C29H36Cl2N2O4. The van der Waals surface area contributed by atoms with Crippen molar-refractivity contribution in [3.05, 3.63) is 76.3 Å². The summed E-state index contributed by atoms with van der Waals surface area (Å²) in [6, 6.07) is 11.1. The van der Waals surface area contributed by atoms with E-state index in [2.05, 4.69) is 17.2 Å². The van der Waals surface area contributed by atoms with Crippen LogP contribution in [0.4, 0.5) is 5.69 Å². The second-order valence-corrected chi connectivity index (χ2v) is 9.63. The van der Waals surface area contributed by atoms with E-state index in [9.17, 15) is 14.4 Å². The second-order valence-electron chi connectivity index (χ2n) is 8.82. The van der Waals surface area contributed by atoms with Gasteiger partial charge in [0.25, 0.3) is 5.91 Å². The lowest BCUT2D eigenvalue weighted by molar-refractivity contribution is -0.146. The summed E-state index contributed by atoms with van der Waals surface area (Å²) in [5, 5.41) is 6.23. The number of rotatable bonds is 10. The summed E-state index contributed by atoms with van der Waals surface area (Å²) in [6.07, 6.45) is 7.18. The second kappa shape index (κ2) is 14.8. The fourth-order valence-corrected chi connectivity index (χ4v) is 5.10. The van der Waals surface area contributed by atoms with Gasteiger partial charge >= 0.3 is 5.97 Å². The van der Waals surface area contributed by atoms with Crippen LogP contribution >= 0.6 is 23.2 Å². The van der Waals surface area contributed by atoms with Crippen molar-refractivity contribution >= 4 is 46.7 Å². The van der Waals surface area contributed by atoms with Gasteiger partial charge in [-0.15, -0.1) is 6.58 Å². The zero-order chi connectivity index (χ0) is 27.4. The van der Waals surface area contributed by atoms with Gasteiger partial charge in [-0.05, 0) is 55.5 Å². The van der Waals surface area contributed by atoms with Gasteiger partial charge in [0.1, 0.15) is 6.04 Å². The average molecular weight is 548 g/mol. The average Bonchev–Trinajstić information content (AvgIpc) is 3.39. The number of halogens is 2. The van der Waals surface area contributed by atoms with Gasteiger partial charge in [0.05, 0.1) is 22.7 Å². The van der Waals surface area contributed by atoms with E-state index in [-0.39, 0.29) is 27.9 Å². The highest BCUT2D eigenvalue weighted by Crippen LogP contribution is 2.42. The topological polar surface area (TPSA) is 84.5 Å². The Morgan fingerprint density at radius 1 is 1.05 bits per heavy atom. The highest BCUT2D eigenvalue weighted by Gasteiger charge is 2.41. The summed E-state index contributed by atoms with van der Waals surface area (Å²) in [6.45, 7) is 7.78. The number of anilines is 1. The molecule has 0 saturated heterocycles. The Morgan fingerprint density at radius 3 is 2.19 bits per heavy atom. The number of hydrogen-bond acceptors (Lipinski definition) is 4. The maximum absolute atomic E-state index is 13.2. The number of nitrogens with one attached hydrogen (secondary N) is 2. The van der Waals surface area contributed by atoms with Crippen molar-refractivity contribution in [2.24, 2.45) is 5.41 Å². The van der Waals surface area contributed by atoms with E-state index in [0.717, 1.165) is 44.1 Å². The zero-order valence-corrected chi connectivity index (χ0v) is 23.3. The molecule has 0 radical (unpaired) electrons. The summed E-state index contributed by atoms with van der Waals surface area (Å²) in [5.74, 6) is -1.02. The van der Waals surface area contributed by atoms with Gasteiger partial charge in [0, 0.05) is 17.5 Å². The van der Waals surface area contributed by atoms with E-state index < -0.39 is 23.3 Å². The molecule has 3 rings (SSSR count). The predicted octanol–water partition coefficient (Wildman–Crippen LogP) is 7.00. The lowest BCUT2D eigenvalue weighted by atomic mass is 9.80. The molecule has 1 saturated carbocycles. The van der Waals surface area contributed by atoms with Crippen LogP contribution in [0.2, 0.25) is 10.0 Å². The van der Waals surface area contributed by atoms with E-state index in [4.69, 9.17) is 27.9 Å². The zero-order valence-electron chi connectivity index (χ0n) is 21.7. The molecule has 37 heavy (non-hydrogen) atoms. The van der Waals surface area contributed by atoms with Gasteiger partial charge in [-0.1, -0.05) is 74.2 Å². The standard InChI is InChI=1S/C27H30Cl2N2O4.C2H6/c1-3-4-14-27(15-5-6-16-27)26(34)31-22(25(33)35-2)17-18-10-12-19(13-11-18)30-24(32)23-20(28)8-7-9-21(23)29;1-2/h3,7-13,22H,1,4-6,14-17H2,2H3,(H,30,32)(H,31,34);1-2H3. The fourth-order valence-electron chi connectivity index (χ4n) is 4.54. The first-order valence-corrected chi connectivity index (χ1v) is 13.4. The van der Waals surface area contributed by atoms with Crippen LogP contribution in [0.25, 0.3) is 0 Å². The molecular weight excluding hydrogens is 511 g/mol. The van der Waals surface area contributed by atoms with Gasteiger partial charge in [-0.2, -0.15) is 0 Å². The number of esters is 1. The predicted molar refractivity (Wildman–Crippen MR) is 150 cm³/mol. The molecule has 1 aliphatic carbocycles. The first kappa shape index (κ1) is 30.4. The number of methoxy groups -OCH3 is 1. The lowest BCUT2D eigenvalue weighted by Gasteiger charge is -2.29. The quantitative estimate of drug-likeness (QED) is 0.248. The van der Waals surface area contributed by atoms with Gasteiger partial charge in [0.15, 0.2) is 0 Å². The van der Waals surface area contributed by atoms with Crippen LogP contribution in [0, 0.1) is 5.41 Å². The van der Waals surface area contributed by atoms with Crippen molar-refractivity contribution in [3.8, 4) is 0 Å². The van der Waals surface area contributed by atoms with Crippen molar-refractivity contribution in [1.82, 2.24) is 5.32 Å². The Balaban J connectivity index is 0.00000235. The Labute approximate surface area is 229 Å². The molecule has 0 bridgehead atoms. The molecule has 2 aromatic carbocycles. The molecule has 2 amide bonds. The first-order chi connectivity index (χ1) is 17.8. The van der Waals surface area contributed by atoms with E-state index in [1.807, 2.05) is 19.9 Å². The maximum atomic E-state index is 13.2. The van der Waals surface area contributed by atoms with Crippen LogP contribution in [0.1, 0.15) is 68.3 Å². The van der Waals surface area contributed by atoms with Gasteiger partial charge in [-0.3, -0.25) is 9.59 Å². The van der Waals surface area contributed by atoms with E-state index in [0.29, 0.717) is 5.69 Å². The third-order valence-electron chi connectivity index (χ3n) is 6.50. The van der Waals surface area contributed by atoms with Crippen LogP contribution in [0.3, 0.4) is 0 Å². The molecule has 0 spiro atoms. The van der Waals surface area contributed by atoms with Crippen molar-refractivity contribution in [2.75, 3.05) is 12.4 Å². The highest BCUT2D eigenvalue weighted by molar-refractivity contribution is 6.40. The summed E-state index contributed by atoms with van der Waals surface area (Å²) in [5.41, 5.74) is 1.09. The molecule has 2 N–H and O–H groups in total. The van der Waals surface area contributed by atoms with E-state index in [1.54, 1.807) is 42.5 Å². The molecule has 200 valence electrons. The molecule has 6 nitrogen and oxygen atoms in total. The SMILES string of the molecule is C=CCCC1(C(=O)NC(Cc2ccc(NC(=O)c3c(Cl)cccc3Cl)cc2)C(=O)OC)CCCC1.CC. The molecule has 1 atom stereocenters. The van der Waals surface area contributed by atoms with Crippen LogP contribution < -0.4 is 10.6 Å². The number of carbonyl (C=O) groups excluding carboxylic acids is 3. The Bertz CT molecular complexity index is 1060. The number of allylic oxidation sites excluding steroid dienone is 1. The fraction of sp³-hybridized carbons (Fsp3) is 0.414. The summed E-state index contributed by atoms with van der Waals surface area (Å²) >= 11 is 12.2. The smallest absolute Gasteiger partial charge is 0.328 e. The number of benzene rings is 2. The number of carbonyl (C=O) groups is 3. The molecule has 1 aliphatic rings. The number of amides is 2. The monoisotopic (exact) mass is 546 g/mol. The minimum atomic E-state index is -0.809. The van der Waals surface area contributed by atoms with Gasteiger partial charge < -0.3 is 15.4 Å². The third kappa shape index (κ3) is 8.08. The number of hydrogen-bond donors (Lipinski definition) is 2. The van der Waals surface area contributed by atoms with E-state index >= 15 is 0 Å². The van der Waals surface area contributed by atoms with Crippen LogP contribution in [-0.2, 0) is 20.7 Å². The molecule has 8 heteroatoms.